The van der Waals surface area contributed by atoms with Crippen molar-refractivity contribution in [3.8, 4) is 0 Å². The molecule has 0 aliphatic heterocycles. The van der Waals surface area contributed by atoms with Gasteiger partial charge in [0.25, 0.3) is 0 Å². The van der Waals surface area contributed by atoms with Gasteiger partial charge >= 0.3 is 0 Å². The zero-order valence-electron chi connectivity index (χ0n) is 8.55. The minimum absolute atomic E-state index is 0.294. The number of pyridine rings is 1. The first kappa shape index (κ1) is 11.5. The molecular weight excluding hydrogens is 196 g/mol. The lowest BCUT2D eigenvalue weighted by molar-refractivity contribution is 0.158. The second kappa shape index (κ2) is 6.01. The van der Waals surface area contributed by atoms with Gasteiger partial charge in [-0.3, -0.25) is 0 Å². The third kappa shape index (κ3) is 4.60. The Hall–Kier alpha value is -0.580. The van der Waals surface area contributed by atoms with Crippen LogP contribution < -0.4 is 0 Å². The fourth-order valence-electron chi connectivity index (χ4n) is 1.09. The first-order valence-electron chi connectivity index (χ1n) is 4.55. The zero-order valence-corrected chi connectivity index (χ0v) is 9.37. The highest BCUT2D eigenvalue weighted by Gasteiger charge is 2.06. The van der Waals surface area contributed by atoms with Gasteiger partial charge in [0.15, 0.2) is 0 Å². The smallest absolute Gasteiger partial charge is 0.0960 e. The number of nitrogens with zero attached hydrogens (tertiary/aromatic N) is 2. The van der Waals surface area contributed by atoms with Crippen molar-refractivity contribution in [2.24, 2.45) is 0 Å². The van der Waals surface area contributed by atoms with E-state index in [1.165, 1.54) is 0 Å². The van der Waals surface area contributed by atoms with Crippen molar-refractivity contribution in [1.29, 1.82) is 0 Å². The van der Waals surface area contributed by atoms with Crippen LogP contribution in [-0.4, -0.2) is 47.5 Å². The van der Waals surface area contributed by atoms with Crippen LogP contribution in [0.1, 0.15) is 0 Å². The molecule has 0 aliphatic carbocycles. The lowest BCUT2D eigenvalue weighted by Gasteiger charge is -2.14. The van der Waals surface area contributed by atoms with Gasteiger partial charge in [-0.2, -0.15) is 0 Å². The van der Waals surface area contributed by atoms with E-state index in [0.717, 1.165) is 5.03 Å². The number of aliphatic hydroxyl groups is 1. The van der Waals surface area contributed by atoms with Crippen molar-refractivity contribution < 1.29 is 5.11 Å². The number of aliphatic hydroxyl groups excluding tert-OH is 1. The van der Waals surface area contributed by atoms with Crippen LogP contribution >= 0.6 is 11.8 Å². The molecule has 0 radical (unpaired) electrons. The summed E-state index contributed by atoms with van der Waals surface area (Å²) >= 11 is 1.58. The third-order valence-corrected chi connectivity index (χ3v) is 2.73. The zero-order chi connectivity index (χ0) is 10.4. The second-order valence-corrected chi connectivity index (χ2v) is 4.44. The Morgan fingerprint density at radius 3 is 2.86 bits per heavy atom. The average molecular weight is 212 g/mol. The summed E-state index contributed by atoms with van der Waals surface area (Å²) in [5.74, 6) is 0.690. The lowest BCUT2D eigenvalue weighted by Crippen LogP contribution is -2.27. The van der Waals surface area contributed by atoms with Crippen molar-refractivity contribution in [3.05, 3.63) is 24.4 Å². The molecule has 0 amide bonds. The summed E-state index contributed by atoms with van der Waals surface area (Å²) in [6.45, 7) is 0.694. The highest BCUT2D eigenvalue weighted by atomic mass is 32.2. The predicted octanol–water partition coefficient (Wildman–Crippen LogP) is 1.10. The first-order valence-corrected chi connectivity index (χ1v) is 5.53. The van der Waals surface area contributed by atoms with Gasteiger partial charge in [-0.1, -0.05) is 6.07 Å². The molecule has 1 atom stereocenters. The fraction of sp³-hybridized carbons (Fsp3) is 0.500. The quantitative estimate of drug-likeness (QED) is 0.741. The number of thioether (sulfide) groups is 1. The Kier molecular flexibility index (Phi) is 4.93. The molecule has 0 fully saturated rings. The Balaban J connectivity index is 2.27. The molecule has 3 nitrogen and oxygen atoms in total. The van der Waals surface area contributed by atoms with Gasteiger partial charge in [-0.25, -0.2) is 4.98 Å². The van der Waals surface area contributed by atoms with E-state index < -0.39 is 0 Å². The van der Waals surface area contributed by atoms with Gasteiger partial charge in [0.1, 0.15) is 0 Å². The van der Waals surface area contributed by atoms with E-state index in [2.05, 4.69) is 4.98 Å². The molecule has 1 rings (SSSR count). The standard InChI is InChI=1S/C10H16N2OS/c1-12(2)7-9(13)8-14-10-5-3-4-6-11-10/h3-6,9,13H,7-8H2,1-2H3. The maximum atomic E-state index is 9.59. The number of likely N-dealkylation sites (N-methyl/N-ethyl adjacent to an activating group) is 1. The highest BCUT2D eigenvalue weighted by Crippen LogP contribution is 2.14. The van der Waals surface area contributed by atoms with Crippen LogP contribution in [0, 0.1) is 0 Å². The molecular formula is C10H16N2OS. The summed E-state index contributed by atoms with van der Waals surface area (Å²) in [6, 6.07) is 5.79. The van der Waals surface area contributed by atoms with Gasteiger partial charge in [0, 0.05) is 18.5 Å². The Morgan fingerprint density at radius 2 is 2.29 bits per heavy atom. The molecule has 4 heteroatoms. The molecule has 14 heavy (non-hydrogen) atoms. The van der Waals surface area contributed by atoms with Gasteiger partial charge in [-0.15, -0.1) is 11.8 Å². The van der Waals surface area contributed by atoms with Crippen LogP contribution in [0.15, 0.2) is 29.4 Å². The predicted molar refractivity (Wildman–Crippen MR) is 59.5 cm³/mol. The molecule has 1 aromatic rings. The Bertz CT molecular complexity index is 254. The van der Waals surface area contributed by atoms with Crippen molar-refractivity contribution in [2.75, 3.05) is 26.4 Å². The van der Waals surface area contributed by atoms with Crippen molar-refractivity contribution in [1.82, 2.24) is 9.88 Å². The Morgan fingerprint density at radius 1 is 1.50 bits per heavy atom. The summed E-state index contributed by atoms with van der Waals surface area (Å²) in [7, 11) is 3.91. The SMILES string of the molecule is CN(C)CC(O)CSc1ccccn1. The molecule has 0 saturated carbocycles. The van der Waals surface area contributed by atoms with E-state index in [4.69, 9.17) is 0 Å². The minimum atomic E-state index is -0.294. The molecule has 0 bridgehead atoms. The van der Waals surface area contributed by atoms with Crippen molar-refractivity contribution in [3.63, 3.8) is 0 Å². The van der Waals surface area contributed by atoms with E-state index in [-0.39, 0.29) is 6.10 Å². The average Bonchev–Trinajstić information content (AvgIpc) is 2.15. The van der Waals surface area contributed by atoms with E-state index >= 15 is 0 Å². The summed E-state index contributed by atoms with van der Waals surface area (Å²) in [5.41, 5.74) is 0. The first-order chi connectivity index (χ1) is 6.68. The molecule has 78 valence electrons. The summed E-state index contributed by atoms with van der Waals surface area (Å²) < 4.78 is 0. The second-order valence-electron chi connectivity index (χ2n) is 3.40. The van der Waals surface area contributed by atoms with Crippen molar-refractivity contribution in [2.45, 2.75) is 11.1 Å². The van der Waals surface area contributed by atoms with Crippen LogP contribution in [0.25, 0.3) is 0 Å². The van der Waals surface area contributed by atoms with E-state index in [0.29, 0.717) is 12.3 Å². The van der Waals surface area contributed by atoms with Gasteiger partial charge in [0.05, 0.1) is 11.1 Å². The van der Waals surface area contributed by atoms with Crippen LogP contribution in [0.5, 0.6) is 0 Å². The van der Waals surface area contributed by atoms with Crippen LogP contribution in [0.3, 0.4) is 0 Å². The van der Waals surface area contributed by atoms with Crippen LogP contribution in [0.2, 0.25) is 0 Å². The molecule has 0 aromatic carbocycles. The molecule has 0 spiro atoms. The van der Waals surface area contributed by atoms with Crippen LogP contribution in [-0.2, 0) is 0 Å². The maximum Gasteiger partial charge on any atom is 0.0960 e. The molecule has 0 aliphatic rings. The molecule has 1 heterocycles. The third-order valence-electron chi connectivity index (χ3n) is 1.64. The monoisotopic (exact) mass is 212 g/mol. The minimum Gasteiger partial charge on any atom is -0.391 e. The number of aromatic nitrogens is 1. The van der Waals surface area contributed by atoms with E-state index in [9.17, 15) is 5.11 Å². The van der Waals surface area contributed by atoms with E-state index in [1.807, 2.05) is 37.2 Å². The van der Waals surface area contributed by atoms with Crippen LogP contribution in [0.4, 0.5) is 0 Å². The molecule has 1 N–H and O–H groups in total. The lowest BCUT2D eigenvalue weighted by atomic mass is 10.4. The largest absolute Gasteiger partial charge is 0.391 e. The summed E-state index contributed by atoms with van der Waals surface area (Å²) in [5, 5.41) is 10.6. The maximum absolute atomic E-state index is 9.59. The Labute approximate surface area is 89.2 Å². The normalized spacial score (nSPS) is 13.1. The summed E-state index contributed by atoms with van der Waals surface area (Å²) in [6.07, 6.45) is 1.47. The summed E-state index contributed by atoms with van der Waals surface area (Å²) in [4.78, 5) is 6.14. The number of hydrogen-bond donors (Lipinski definition) is 1. The number of rotatable bonds is 5. The fourth-order valence-corrected chi connectivity index (χ4v) is 1.87. The number of hydrogen-bond acceptors (Lipinski definition) is 4. The molecule has 0 saturated heterocycles. The molecule has 1 aromatic heterocycles. The molecule has 1 unspecified atom stereocenters. The van der Waals surface area contributed by atoms with Gasteiger partial charge in [-0.05, 0) is 26.2 Å². The van der Waals surface area contributed by atoms with Crippen molar-refractivity contribution >= 4 is 11.8 Å². The topological polar surface area (TPSA) is 36.4 Å². The van der Waals surface area contributed by atoms with Gasteiger partial charge in [0.2, 0.25) is 0 Å². The highest BCUT2D eigenvalue weighted by molar-refractivity contribution is 7.99. The van der Waals surface area contributed by atoms with Gasteiger partial charge < -0.3 is 10.0 Å². The van der Waals surface area contributed by atoms with E-state index in [1.54, 1.807) is 18.0 Å².